The van der Waals surface area contributed by atoms with Gasteiger partial charge in [-0.25, -0.2) is 0 Å². The largest absolute Gasteiger partial charge is 0.329 e. The molecular weight excluding hydrogens is 208 g/mol. The van der Waals surface area contributed by atoms with Crippen molar-refractivity contribution in [1.82, 2.24) is 4.90 Å². The third-order valence-corrected chi connectivity index (χ3v) is 4.69. The van der Waals surface area contributed by atoms with Crippen LogP contribution in [0.15, 0.2) is 0 Å². The van der Waals surface area contributed by atoms with Crippen LogP contribution < -0.4 is 5.73 Å². The molecule has 0 amide bonds. The summed E-state index contributed by atoms with van der Waals surface area (Å²) in [6, 6.07) is 0. The maximum absolute atomic E-state index is 6.18. The minimum absolute atomic E-state index is 0.269. The van der Waals surface area contributed by atoms with Gasteiger partial charge in [-0.1, -0.05) is 34.6 Å². The van der Waals surface area contributed by atoms with E-state index < -0.39 is 0 Å². The Balaban J connectivity index is 2.84. The molecule has 0 radical (unpaired) electrons. The van der Waals surface area contributed by atoms with E-state index >= 15 is 0 Å². The lowest BCUT2D eigenvalue weighted by atomic mass is 9.68. The third-order valence-electron chi connectivity index (χ3n) is 4.69. The lowest BCUT2D eigenvalue weighted by Crippen LogP contribution is -2.60. The van der Waals surface area contributed by atoms with Crippen molar-refractivity contribution in [2.75, 3.05) is 19.6 Å². The van der Waals surface area contributed by atoms with Crippen molar-refractivity contribution in [1.29, 1.82) is 0 Å². The van der Waals surface area contributed by atoms with Crippen molar-refractivity contribution in [2.45, 2.75) is 59.4 Å². The standard InChI is InChI=1S/C15H32N2/c1-6-17(10-12(2)3)15(11-16)8-7-13(4)9-14(15)5/h12-14H,6-11,16H2,1-5H3. The highest BCUT2D eigenvalue weighted by Crippen LogP contribution is 2.40. The summed E-state index contributed by atoms with van der Waals surface area (Å²) < 4.78 is 0. The molecule has 0 aromatic rings. The Bertz CT molecular complexity index is 227. The van der Waals surface area contributed by atoms with Crippen LogP contribution in [0.2, 0.25) is 0 Å². The molecule has 1 aliphatic rings. The number of nitrogens with zero attached hydrogens (tertiary/aromatic N) is 1. The van der Waals surface area contributed by atoms with Gasteiger partial charge in [-0.05, 0) is 43.6 Å². The molecule has 3 unspecified atom stereocenters. The number of hydrogen-bond donors (Lipinski definition) is 1. The maximum Gasteiger partial charge on any atom is 0.0357 e. The van der Waals surface area contributed by atoms with Crippen LogP contribution in [0.5, 0.6) is 0 Å². The molecule has 1 fully saturated rings. The first-order valence-corrected chi connectivity index (χ1v) is 7.41. The van der Waals surface area contributed by atoms with Crippen LogP contribution in [0.25, 0.3) is 0 Å². The molecule has 17 heavy (non-hydrogen) atoms. The van der Waals surface area contributed by atoms with E-state index in [1.807, 2.05) is 0 Å². The van der Waals surface area contributed by atoms with Crippen molar-refractivity contribution in [3.05, 3.63) is 0 Å². The first-order chi connectivity index (χ1) is 7.96. The van der Waals surface area contributed by atoms with E-state index in [1.54, 1.807) is 0 Å². The van der Waals surface area contributed by atoms with Gasteiger partial charge in [0.15, 0.2) is 0 Å². The van der Waals surface area contributed by atoms with E-state index in [9.17, 15) is 0 Å². The fourth-order valence-corrected chi connectivity index (χ4v) is 3.65. The number of hydrogen-bond acceptors (Lipinski definition) is 2. The lowest BCUT2D eigenvalue weighted by molar-refractivity contribution is -0.00388. The number of likely N-dealkylation sites (N-methyl/N-ethyl adjacent to an activating group) is 1. The minimum Gasteiger partial charge on any atom is -0.329 e. The smallest absolute Gasteiger partial charge is 0.0357 e. The molecule has 0 aromatic heterocycles. The van der Waals surface area contributed by atoms with Crippen molar-refractivity contribution in [3.8, 4) is 0 Å². The van der Waals surface area contributed by atoms with Crippen LogP contribution in [0, 0.1) is 17.8 Å². The topological polar surface area (TPSA) is 29.3 Å². The van der Waals surface area contributed by atoms with Gasteiger partial charge in [0.25, 0.3) is 0 Å². The van der Waals surface area contributed by atoms with Crippen molar-refractivity contribution in [3.63, 3.8) is 0 Å². The molecule has 3 atom stereocenters. The molecule has 0 spiro atoms. The quantitative estimate of drug-likeness (QED) is 0.800. The highest BCUT2D eigenvalue weighted by Gasteiger charge is 2.43. The number of rotatable bonds is 5. The van der Waals surface area contributed by atoms with E-state index in [0.717, 1.165) is 30.8 Å². The lowest BCUT2D eigenvalue weighted by Gasteiger charge is -2.52. The molecular formula is C15H32N2. The summed E-state index contributed by atoms with van der Waals surface area (Å²) in [7, 11) is 0. The van der Waals surface area contributed by atoms with Crippen LogP contribution in [0.1, 0.15) is 53.9 Å². The summed E-state index contributed by atoms with van der Waals surface area (Å²) in [5.74, 6) is 2.34. The van der Waals surface area contributed by atoms with Crippen molar-refractivity contribution in [2.24, 2.45) is 23.5 Å². The molecule has 1 saturated carbocycles. The second kappa shape index (κ2) is 6.19. The fraction of sp³-hybridized carbons (Fsp3) is 1.00. The van der Waals surface area contributed by atoms with Crippen LogP contribution in [0.4, 0.5) is 0 Å². The van der Waals surface area contributed by atoms with E-state index in [1.165, 1.54) is 25.8 Å². The van der Waals surface area contributed by atoms with Crippen molar-refractivity contribution >= 4 is 0 Å². The molecule has 0 aliphatic heterocycles. The van der Waals surface area contributed by atoms with Crippen LogP contribution in [0.3, 0.4) is 0 Å². The summed E-state index contributed by atoms with van der Waals surface area (Å²) >= 11 is 0. The van der Waals surface area contributed by atoms with Gasteiger partial charge >= 0.3 is 0 Å². The third kappa shape index (κ3) is 3.23. The average molecular weight is 240 g/mol. The molecule has 2 nitrogen and oxygen atoms in total. The van der Waals surface area contributed by atoms with E-state index in [4.69, 9.17) is 5.73 Å². The van der Waals surface area contributed by atoms with Gasteiger partial charge in [0.1, 0.15) is 0 Å². The molecule has 0 aromatic carbocycles. The Morgan fingerprint density at radius 3 is 2.41 bits per heavy atom. The van der Waals surface area contributed by atoms with Gasteiger partial charge in [-0.2, -0.15) is 0 Å². The molecule has 2 heteroatoms. The summed E-state index contributed by atoms with van der Waals surface area (Å²) in [5, 5.41) is 0. The van der Waals surface area contributed by atoms with E-state index in [0.29, 0.717) is 0 Å². The first kappa shape index (κ1) is 15.0. The van der Waals surface area contributed by atoms with Gasteiger partial charge in [0.2, 0.25) is 0 Å². The van der Waals surface area contributed by atoms with Crippen LogP contribution in [-0.2, 0) is 0 Å². The maximum atomic E-state index is 6.18. The normalized spacial score (nSPS) is 34.6. The van der Waals surface area contributed by atoms with Crippen molar-refractivity contribution < 1.29 is 0 Å². The molecule has 102 valence electrons. The van der Waals surface area contributed by atoms with Gasteiger partial charge in [-0.15, -0.1) is 0 Å². The Hall–Kier alpha value is -0.0800. The van der Waals surface area contributed by atoms with E-state index in [2.05, 4.69) is 39.5 Å². The van der Waals surface area contributed by atoms with E-state index in [-0.39, 0.29) is 5.54 Å². The fourth-order valence-electron chi connectivity index (χ4n) is 3.65. The monoisotopic (exact) mass is 240 g/mol. The van der Waals surface area contributed by atoms with Crippen LogP contribution in [-0.4, -0.2) is 30.1 Å². The minimum atomic E-state index is 0.269. The Labute approximate surface area is 108 Å². The van der Waals surface area contributed by atoms with Gasteiger partial charge in [0.05, 0.1) is 0 Å². The van der Waals surface area contributed by atoms with Crippen LogP contribution >= 0.6 is 0 Å². The predicted molar refractivity (Wildman–Crippen MR) is 76.0 cm³/mol. The predicted octanol–water partition coefficient (Wildman–Crippen LogP) is 3.12. The zero-order valence-corrected chi connectivity index (χ0v) is 12.5. The summed E-state index contributed by atoms with van der Waals surface area (Å²) in [6.45, 7) is 14.8. The molecule has 0 heterocycles. The molecule has 2 N–H and O–H groups in total. The second-order valence-electron chi connectivity index (χ2n) is 6.52. The number of nitrogens with two attached hydrogens (primary N) is 1. The zero-order chi connectivity index (χ0) is 13.1. The summed E-state index contributed by atoms with van der Waals surface area (Å²) in [6.07, 6.45) is 3.97. The molecule has 0 bridgehead atoms. The molecule has 1 aliphatic carbocycles. The summed E-state index contributed by atoms with van der Waals surface area (Å²) in [5.41, 5.74) is 6.45. The summed E-state index contributed by atoms with van der Waals surface area (Å²) in [4.78, 5) is 2.66. The highest BCUT2D eigenvalue weighted by molar-refractivity contribution is 4.99. The Morgan fingerprint density at radius 2 is 2.00 bits per heavy atom. The second-order valence-corrected chi connectivity index (χ2v) is 6.52. The van der Waals surface area contributed by atoms with Gasteiger partial charge < -0.3 is 5.73 Å². The van der Waals surface area contributed by atoms with Gasteiger partial charge in [0, 0.05) is 18.6 Å². The average Bonchev–Trinajstić information content (AvgIpc) is 2.27. The van der Waals surface area contributed by atoms with Gasteiger partial charge in [-0.3, -0.25) is 4.90 Å². The first-order valence-electron chi connectivity index (χ1n) is 7.41. The highest BCUT2D eigenvalue weighted by atomic mass is 15.2. The molecule has 1 rings (SSSR count). The molecule has 0 saturated heterocycles. The zero-order valence-electron chi connectivity index (χ0n) is 12.5. The SMILES string of the molecule is CCN(CC(C)C)C1(CN)CCC(C)CC1C. The Kier molecular flexibility index (Phi) is 5.46. The Morgan fingerprint density at radius 1 is 1.35 bits per heavy atom.